The van der Waals surface area contributed by atoms with Crippen LogP contribution in [0.25, 0.3) is 0 Å². The average molecular weight is 208 g/mol. The zero-order valence-corrected chi connectivity index (χ0v) is 9.32. The van der Waals surface area contributed by atoms with E-state index in [4.69, 9.17) is 0 Å². The summed E-state index contributed by atoms with van der Waals surface area (Å²) in [6.45, 7) is 7.55. The van der Waals surface area contributed by atoms with E-state index >= 15 is 0 Å². The third-order valence-corrected chi connectivity index (χ3v) is 2.05. The number of carbonyl (C=O) groups is 1. The standard InChI is InChI=1S/C10H16N4O/c1-7(2)5-8(3)9(15)12-10-13-11-6-14(10)4/h6,8H,1,5H2,2-4H3,(H,12,13,15). The summed E-state index contributed by atoms with van der Waals surface area (Å²) in [7, 11) is 1.78. The van der Waals surface area contributed by atoms with Gasteiger partial charge in [-0.1, -0.05) is 12.5 Å². The van der Waals surface area contributed by atoms with Crippen LogP contribution < -0.4 is 5.32 Å². The number of aryl methyl sites for hydroxylation is 1. The van der Waals surface area contributed by atoms with Crippen molar-refractivity contribution in [3.8, 4) is 0 Å². The normalized spacial score (nSPS) is 12.2. The van der Waals surface area contributed by atoms with Gasteiger partial charge in [0.05, 0.1) is 0 Å². The number of carbonyl (C=O) groups excluding carboxylic acids is 1. The van der Waals surface area contributed by atoms with Crippen molar-refractivity contribution in [2.45, 2.75) is 20.3 Å². The molecule has 5 nitrogen and oxygen atoms in total. The van der Waals surface area contributed by atoms with Crippen molar-refractivity contribution in [1.82, 2.24) is 14.8 Å². The summed E-state index contributed by atoms with van der Waals surface area (Å²) in [4.78, 5) is 11.7. The van der Waals surface area contributed by atoms with Crippen LogP contribution >= 0.6 is 0 Å². The summed E-state index contributed by atoms with van der Waals surface area (Å²) >= 11 is 0. The van der Waals surface area contributed by atoms with E-state index in [0.717, 1.165) is 5.57 Å². The molecule has 0 saturated heterocycles. The first kappa shape index (κ1) is 11.4. The first-order valence-electron chi connectivity index (χ1n) is 4.80. The van der Waals surface area contributed by atoms with Gasteiger partial charge in [-0.25, -0.2) is 0 Å². The molecule has 1 aromatic rings. The van der Waals surface area contributed by atoms with E-state index in [-0.39, 0.29) is 11.8 Å². The number of allylic oxidation sites excluding steroid dienone is 1. The number of nitrogens with one attached hydrogen (secondary N) is 1. The van der Waals surface area contributed by atoms with Crippen molar-refractivity contribution in [3.63, 3.8) is 0 Å². The molecule has 15 heavy (non-hydrogen) atoms. The molecule has 0 radical (unpaired) electrons. The Hall–Kier alpha value is -1.65. The van der Waals surface area contributed by atoms with Crippen molar-refractivity contribution in [3.05, 3.63) is 18.5 Å². The van der Waals surface area contributed by atoms with E-state index < -0.39 is 0 Å². The van der Waals surface area contributed by atoms with Gasteiger partial charge in [0.1, 0.15) is 6.33 Å². The smallest absolute Gasteiger partial charge is 0.230 e. The molecule has 1 heterocycles. The van der Waals surface area contributed by atoms with Crippen LogP contribution in [0.15, 0.2) is 18.5 Å². The third kappa shape index (κ3) is 3.19. The highest BCUT2D eigenvalue weighted by atomic mass is 16.2. The van der Waals surface area contributed by atoms with E-state index in [1.165, 1.54) is 0 Å². The number of rotatable bonds is 4. The van der Waals surface area contributed by atoms with E-state index in [0.29, 0.717) is 12.4 Å². The Labute approximate surface area is 89.2 Å². The molecule has 1 amide bonds. The van der Waals surface area contributed by atoms with Gasteiger partial charge in [-0.3, -0.25) is 10.1 Å². The number of nitrogens with zero attached hydrogens (tertiary/aromatic N) is 3. The molecule has 0 aliphatic rings. The van der Waals surface area contributed by atoms with Gasteiger partial charge in [0.2, 0.25) is 11.9 Å². The van der Waals surface area contributed by atoms with Gasteiger partial charge in [-0.15, -0.1) is 16.8 Å². The highest BCUT2D eigenvalue weighted by molar-refractivity contribution is 5.90. The molecule has 1 N–H and O–H groups in total. The summed E-state index contributed by atoms with van der Waals surface area (Å²) in [5.74, 6) is 0.307. The summed E-state index contributed by atoms with van der Waals surface area (Å²) in [6.07, 6.45) is 2.22. The Bertz CT molecular complexity index is 369. The lowest BCUT2D eigenvalue weighted by atomic mass is 10.0. The van der Waals surface area contributed by atoms with Gasteiger partial charge >= 0.3 is 0 Å². The molecule has 0 aliphatic carbocycles. The Morgan fingerprint density at radius 2 is 2.40 bits per heavy atom. The van der Waals surface area contributed by atoms with Crippen molar-refractivity contribution in [2.75, 3.05) is 5.32 Å². The maximum absolute atomic E-state index is 11.7. The molecule has 1 rings (SSSR count). The maximum atomic E-state index is 11.7. The molecule has 0 fully saturated rings. The van der Waals surface area contributed by atoms with Gasteiger partial charge in [-0.05, 0) is 13.3 Å². The second-order valence-electron chi connectivity index (χ2n) is 3.82. The lowest BCUT2D eigenvalue weighted by Crippen LogP contribution is -2.22. The molecule has 0 aliphatic heterocycles. The zero-order valence-electron chi connectivity index (χ0n) is 9.32. The van der Waals surface area contributed by atoms with E-state index in [9.17, 15) is 4.79 Å². The second kappa shape index (κ2) is 4.72. The minimum atomic E-state index is -0.0980. The number of hydrogen-bond donors (Lipinski definition) is 1. The highest BCUT2D eigenvalue weighted by Gasteiger charge is 2.14. The van der Waals surface area contributed by atoms with Crippen LogP contribution in [0.5, 0.6) is 0 Å². The number of anilines is 1. The maximum Gasteiger partial charge on any atom is 0.230 e. The van der Waals surface area contributed by atoms with Gasteiger partial charge in [0, 0.05) is 13.0 Å². The molecule has 0 spiro atoms. The largest absolute Gasteiger partial charge is 0.303 e. The Balaban J connectivity index is 2.56. The minimum absolute atomic E-state index is 0.0610. The van der Waals surface area contributed by atoms with Crippen molar-refractivity contribution < 1.29 is 4.79 Å². The average Bonchev–Trinajstić information content (AvgIpc) is 2.50. The van der Waals surface area contributed by atoms with E-state index in [2.05, 4.69) is 22.1 Å². The van der Waals surface area contributed by atoms with Crippen LogP contribution in [0, 0.1) is 5.92 Å². The Morgan fingerprint density at radius 3 is 2.87 bits per heavy atom. The molecule has 1 atom stereocenters. The van der Waals surface area contributed by atoms with Crippen molar-refractivity contribution in [2.24, 2.45) is 13.0 Å². The first-order valence-corrected chi connectivity index (χ1v) is 4.80. The predicted molar refractivity (Wildman–Crippen MR) is 58.2 cm³/mol. The lowest BCUT2D eigenvalue weighted by Gasteiger charge is -2.10. The molecule has 1 aromatic heterocycles. The Morgan fingerprint density at radius 1 is 1.73 bits per heavy atom. The molecule has 0 bridgehead atoms. The van der Waals surface area contributed by atoms with E-state index in [1.807, 2.05) is 13.8 Å². The highest BCUT2D eigenvalue weighted by Crippen LogP contribution is 2.11. The molecule has 82 valence electrons. The van der Waals surface area contributed by atoms with Crippen LogP contribution in [-0.4, -0.2) is 20.7 Å². The number of hydrogen-bond acceptors (Lipinski definition) is 3. The summed E-state index contributed by atoms with van der Waals surface area (Å²) in [6, 6.07) is 0. The second-order valence-corrected chi connectivity index (χ2v) is 3.82. The zero-order chi connectivity index (χ0) is 11.4. The number of amides is 1. The minimum Gasteiger partial charge on any atom is -0.303 e. The SMILES string of the molecule is C=C(C)CC(C)C(=O)Nc1nncn1C. The lowest BCUT2D eigenvalue weighted by molar-refractivity contribution is -0.119. The molecule has 0 saturated carbocycles. The summed E-state index contributed by atoms with van der Waals surface area (Å²) < 4.78 is 1.66. The molecular weight excluding hydrogens is 192 g/mol. The molecule has 0 aromatic carbocycles. The van der Waals surface area contributed by atoms with Crippen LogP contribution in [0.4, 0.5) is 5.95 Å². The van der Waals surface area contributed by atoms with E-state index in [1.54, 1.807) is 17.9 Å². The quantitative estimate of drug-likeness (QED) is 0.760. The molecule has 1 unspecified atom stereocenters. The van der Waals surface area contributed by atoms with Gasteiger partial charge < -0.3 is 4.57 Å². The Kier molecular flexibility index (Phi) is 3.60. The van der Waals surface area contributed by atoms with Crippen LogP contribution in [0.1, 0.15) is 20.3 Å². The third-order valence-electron chi connectivity index (χ3n) is 2.05. The van der Waals surface area contributed by atoms with Crippen LogP contribution in [0.3, 0.4) is 0 Å². The van der Waals surface area contributed by atoms with Crippen LogP contribution in [0.2, 0.25) is 0 Å². The van der Waals surface area contributed by atoms with Crippen molar-refractivity contribution >= 4 is 11.9 Å². The summed E-state index contributed by atoms with van der Waals surface area (Å²) in [5.41, 5.74) is 0.996. The van der Waals surface area contributed by atoms with Crippen molar-refractivity contribution in [1.29, 1.82) is 0 Å². The van der Waals surface area contributed by atoms with Gasteiger partial charge in [-0.2, -0.15) is 0 Å². The van der Waals surface area contributed by atoms with Gasteiger partial charge in [0.25, 0.3) is 0 Å². The summed E-state index contributed by atoms with van der Waals surface area (Å²) in [5, 5.41) is 10.2. The number of aromatic nitrogens is 3. The fraction of sp³-hybridized carbons (Fsp3) is 0.500. The fourth-order valence-corrected chi connectivity index (χ4v) is 1.25. The first-order chi connectivity index (χ1) is 7.00. The topological polar surface area (TPSA) is 59.8 Å². The van der Waals surface area contributed by atoms with Crippen LogP contribution in [-0.2, 0) is 11.8 Å². The fourth-order valence-electron chi connectivity index (χ4n) is 1.25. The predicted octanol–water partition coefficient (Wildman–Crippen LogP) is 1.36. The monoisotopic (exact) mass is 208 g/mol. The molecular formula is C10H16N4O. The van der Waals surface area contributed by atoms with Gasteiger partial charge in [0.15, 0.2) is 0 Å². The molecule has 5 heteroatoms.